The van der Waals surface area contributed by atoms with Gasteiger partial charge in [-0.25, -0.2) is 0 Å². The number of rotatable bonds is 6. The zero-order chi connectivity index (χ0) is 12.0. The minimum absolute atomic E-state index is 0.356. The highest BCUT2D eigenvalue weighted by Gasteiger charge is 2.18. The molecule has 1 saturated heterocycles. The minimum atomic E-state index is 0.356. The third-order valence-corrected chi connectivity index (χ3v) is 3.49. The van der Waals surface area contributed by atoms with Gasteiger partial charge in [-0.2, -0.15) is 0 Å². The lowest BCUT2D eigenvalue weighted by molar-refractivity contribution is 0.165. The Morgan fingerprint density at radius 2 is 2.25 bits per heavy atom. The fraction of sp³-hybridized carbons (Fsp3) is 1.00. The van der Waals surface area contributed by atoms with E-state index in [1.54, 1.807) is 0 Å². The van der Waals surface area contributed by atoms with Crippen molar-refractivity contribution in [1.82, 2.24) is 9.80 Å². The summed E-state index contributed by atoms with van der Waals surface area (Å²) in [6.45, 7) is 7.10. The fourth-order valence-corrected chi connectivity index (χ4v) is 2.64. The molecule has 1 aliphatic heterocycles. The molecule has 1 aliphatic rings. The Hall–Kier alpha value is -0.120. The second-order valence-electron chi connectivity index (χ2n) is 5.65. The van der Waals surface area contributed by atoms with Crippen molar-refractivity contribution in [2.24, 2.45) is 11.7 Å². The molecule has 0 bridgehead atoms. The third kappa shape index (κ3) is 5.83. The third-order valence-electron chi connectivity index (χ3n) is 3.49. The molecule has 0 saturated carbocycles. The molecule has 0 aromatic rings. The first-order valence-corrected chi connectivity index (χ1v) is 6.70. The van der Waals surface area contributed by atoms with E-state index < -0.39 is 0 Å². The van der Waals surface area contributed by atoms with Crippen LogP contribution in [-0.4, -0.2) is 56.1 Å². The molecular formula is C13H29N3. The summed E-state index contributed by atoms with van der Waals surface area (Å²) >= 11 is 0. The molecule has 0 radical (unpaired) electrons. The number of hydrogen-bond acceptors (Lipinski definition) is 3. The van der Waals surface area contributed by atoms with Crippen molar-refractivity contribution in [3.05, 3.63) is 0 Å². The first-order valence-electron chi connectivity index (χ1n) is 6.70. The van der Waals surface area contributed by atoms with Gasteiger partial charge in [0.15, 0.2) is 0 Å². The molecule has 96 valence electrons. The number of hydrogen-bond donors (Lipinski definition) is 1. The molecule has 1 fully saturated rings. The number of nitrogens with two attached hydrogens (primary N) is 1. The van der Waals surface area contributed by atoms with Crippen molar-refractivity contribution in [3.63, 3.8) is 0 Å². The molecule has 3 nitrogen and oxygen atoms in total. The van der Waals surface area contributed by atoms with Crippen molar-refractivity contribution in [2.45, 2.75) is 38.6 Å². The molecule has 1 heterocycles. The topological polar surface area (TPSA) is 32.5 Å². The number of piperidine rings is 1. The normalized spacial score (nSPS) is 24.9. The number of likely N-dealkylation sites (tertiary alicyclic amines) is 1. The van der Waals surface area contributed by atoms with Crippen LogP contribution in [0.3, 0.4) is 0 Å². The summed E-state index contributed by atoms with van der Waals surface area (Å²) in [6, 6.07) is 0.356. The van der Waals surface area contributed by atoms with Crippen LogP contribution in [0.4, 0.5) is 0 Å². The van der Waals surface area contributed by atoms with Gasteiger partial charge in [-0.15, -0.1) is 0 Å². The SMILES string of the molecule is CC(N)CCCN(C)CC1CCCN(C)C1. The second-order valence-corrected chi connectivity index (χ2v) is 5.65. The fourth-order valence-electron chi connectivity index (χ4n) is 2.64. The van der Waals surface area contributed by atoms with Gasteiger partial charge in [0.05, 0.1) is 0 Å². The standard InChI is InChI=1S/C13H29N3/c1-12(14)6-4-8-15(2)10-13-7-5-9-16(3)11-13/h12-13H,4-11,14H2,1-3H3. The van der Waals surface area contributed by atoms with E-state index in [0.717, 1.165) is 12.3 Å². The van der Waals surface area contributed by atoms with Crippen LogP contribution in [0.15, 0.2) is 0 Å². The van der Waals surface area contributed by atoms with Crippen molar-refractivity contribution in [3.8, 4) is 0 Å². The maximum absolute atomic E-state index is 5.76. The van der Waals surface area contributed by atoms with Crippen LogP contribution in [-0.2, 0) is 0 Å². The predicted octanol–water partition coefficient (Wildman–Crippen LogP) is 1.39. The average molecular weight is 227 g/mol. The second kappa shape index (κ2) is 7.25. The van der Waals surface area contributed by atoms with Crippen molar-refractivity contribution >= 4 is 0 Å². The Labute approximate surface area is 101 Å². The van der Waals surface area contributed by atoms with Gasteiger partial charge in [-0.1, -0.05) is 0 Å². The van der Waals surface area contributed by atoms with E-state index in [9.17, 15) is 0 Å². The molecule has 2 unspecified atom stereocenters. The smallest absolute Gasteiger partial charge is 0.00188 e. The lowest BCUT2D eigenvalue weighted by atomic mass is 9.98. The highest BCUT2D eigenvalue weighted by Crippen LogP contribution is 2.15. The molecule has 0 amide bonds. The van der Waals surface area contributed by atoms with E-state index in [0.29, 0.717) is 6.04 Å². The summed E-state index contributed by atoms with van der Waals surface area (Å²) in [5.41, 5.74) is 5.76. The van der Waals surface area contributed by atoms with Gasteiger partial charge in [-0.05, 0) is 65.7 Å². The Bertz CT molecular complexity index is 182. The van der Waals surface area contributed by atoms with Gasteiger partial charge < -0.3 is 15.5 Å². The Kier molecular flexibility index (Phi) is 6.32. The first-order chi connectivity index (χ1) is 7.58. The largest absolute Gasteiger partial charge is 0.328 e. The van der Waals surface area contributed by atoms with Crippen molar-refractivity contribution in [1.29, 1.82) is 0 Å². The molecular weight excluding hydrogens is 198 g/mol. The van der Waals surface area contributed by atoms with Crippen LogP contribution in [0.2, 0.25) is 0 Å². The van der Waals surface area contributed by atoms with Crippen LogP contribution in [0, 0.1) is 5.92 Å². The van der Waals surface area contributed by atoms with Crippen LogP contribution >= 0.6 is 0 Å². The molecule has 16 heavy (non-hydrogen) atoms. The highest BCUT2D eigenvalue weighted by atomic mass is 15.1. The van der Waals surface area contributed by atoms with Crippen molar-refractivity contribution < 1.29 is 0 Å². The molecule has 0 aromatic heterocycles. The van der Waals surface area contributed by atoms with E-state index >= 15 is 0 Å². The van der Waals surface area contributed by atoms with Crippen LogP contribution < -0.4 is 5.73 Å². The molecule has 1 rings (SSSR count). The van der Waals surface area contributed by atoms with Gasteiger partial charge in [0.25, 0.3) is 0 Å². The summed E-state index contributed by atoms with van der Waals surface area (Å²) < 4.78 is 0. The summed E-state index contributed by atoms with van der Waals surface area (Å²) in [6.07, 6.45) is 5.16. The Morgan fingerprint density at radius 1 is 1.50 bits per heavy atom. The summed E-state index contributed by atoms with van der Waals surface area (Å²) in [5.74, 6) is 0.874. The van der Waals surface area contributed by atoms with Gasteiger partial charge in [0, 0.05) is 19.1 Å². The Morgan fingerprint density at radius 3 is 2.88 bits per heavy atom. The monoisotopic (exact) mass is 227 g/mol. The van der Waals surface area contributed by atoms with E-state index in [2.05, 4.69) is 30.8 Å². The molecule has 0 spiro atoms. The lowest BCUT2D eigenvalue weighted by Gasteiger charge is -2.32. The highest BCUT2D eigenvalue weighted by molar-refractivity contribution is 4.73. The van der Waals surface area contributed by atoms with Crippen LogP contribution in [0.5, 0.6) is 0 Å². The zero-order valence-corrected chi connectivity index (χ0v) is 11.3. The summed E-state index contributed by atoms with van der Waals surface area (Å²) in [4.78, 5) is 4.94. The maximum Gasteiger partial charge on any atom is 0.00188 e. The van der Waals surface area contributed by atoms with Crippen LogP contribution in [0.1, 0.15) is 32.6 Å². The Balaban J connectivity index is 2.10. The number of nitrogens with zero attached hydrogens (tertiary/aromatic N) is 2. The molecule has 2 N–H and O–H groups in total. The quantitative estimate of drug-likeness (QED) is 0.744. The van der Waals surface area contributed by atoms with Gasteiger partial charge in [0.1, 0.15) is 0 Å². The lowest BCUT2D eigenvalue weighted by Crippen LogP contribution is -2.38. The van der Waals surface area contributed by atoms with E-state index in [-0.39, 0.29) is 0 Å². The average Bonchev–Trinajstić information content (AvgIpc) is 2.16. The zero-order valence-electron chi connectivity index (χ0n) is 11.3. The molecule has 2 atom stereocenters. The molecule has 0 aromatic carbocycles. The van der Waals surface area contributed by atoms with E-state index in [1.165, 1.54) is 45.4 Å². The first kappa shape index (κ1) is 13.9. The maximum atomic E-state index is 5.76. The molecule has 0 aliphatic carbocycles. The minimum Gasteiger partial charge on any atom is -0.328 e. The van der Waals surface area contributed by atoms with Gasteiger partial charge in [0.2, 0.25) is 0 Å². The van der Waals surface area contributed by atoms with E-state index in [1.807, 2.05) is 0 Å². The summed E-state index contributed by atoms with van der Waals surface area (Å²) in [5, 5.41) is 0. The predicted molar refractivity (Wildman–Crippen MR) is 70.6 cm³/mol. The van der Waals surface area contributed by atoms with E-state index in [4.69, 9.17) is 5.73 Å². The van der Waals surface area contributed by atoms with Crippen molar-refractivity contribution in [2.75, 3.05) is 40.3 Å². The molecule has 3 heteroatoms. The van der Waals surface area contributed by atoms with Gasteiger partial charge >= 0.3 is 0 Å². The summed E-state index contributed by atoms with van der Waals surface area (Å²) in [7, 11) is 4.48. The van der Waals surface area contributed by atoms with Crippen LogP contribution in [0.25, 0.3) is 0 Å². The van der Waals surface area contributed by atoms with Gasteiger partial charge in [-0.3, -0.25) is 0 Å².